The first-order valence-corrected chi connectivity index (χ1v) is 15.2. The third-order valence-corrected chi connectivity index (χ3v) is 9.01. The zero-order valence-corrected chi connectivity index (χ0v) is 24.1. The van der Waals surface area contributed by atoms with Crippen molar-refractivity contribution < 1.29 is 0 Å². The second-order valence-electron chi connectivity index (χ2n) is 11.6. The highest BCUT2D eigenvalue weighted by Gasteiger charge is 2.27. The number of pyridine rings is 1. The Hall–Kier alpha value is -5.73. The number of nitrogens with zero attached hydrogens (tertiary/aromatic N) is 2. The molecule has 1 aliphatic rings. The number of aromatic nitrogens is 1. The summed E-state index contributed by atoms with van der Waals surface area (Å²) in [4.78, 5) is 8.05. The molecule has 0 saturated heterocycles. The second kappa shape index (κ2) is 9.93. The molecule has 0 saturated carbocycles. The molecule has 0 spiro atoms. The van der Waals surface area contributed by atoms with E-state index >= 15 is 0 Å². The van der Waals surface area contributed by atoms with Gasteiger partial charge in [-0.15, -0.1) is 0 Å². The molecule has 0 fully saturated rings. The van der Waals surface area contributed by atoms with E-state index in [1.165, 1.54) is 66.1 Å². The molecule has 1 aliphatic heterocycles. The van der Waals surface area contributed by atoms with Gasteiger partial charge in [-0.05, 0) is 63.4 Å². The van der Waals surface area contributed by atoms with Crippen LogP contribution in [-0.2, 0) is 6.54 Å². The molecule has 8 aromatic rings. The number of rotatable bonds is 4. The topological polar surface area (TPSA) is 16.1 Å². The maximum absolute atomic E-state index is 5.58. The number of fused-ring (bicyclic) bond motifs is 1. The van der Waals surface area contributed by atoms with Crippen molar-refractivity contribution in [2.24, 2.45) is 0 Å². The van der Waals surface area contributed by atoms with E-state index in [9.17, 15) is 0 Å². The average Bonchev–Trinajstić information content (AvgIpc) is 3.11. The Morgan fingerprint density at radius 2 is 1.16 bits per heavy atom. The number of hydrogen-bond donors (Lipinski definition) is 0. The summed E-state index contributed by atoms with van der Waals surface area (Å²) >= 11 is 0. The minimum atomic E-state index is 0.783. The van der Waals surface area contributed by atoms with E-state index in [4.69, 9.17) is 4.98 Å². The van der Waals surface area contributed by atoms with Gasteiger partial charge in [-0.25, -0.2) is 4.98 Å². The third-order valence-electron chi connectivity index (χ3n) is 9.01. The molecule has 2 heterocycles. The van der Waals surface area contributed by atoms with E-state index in [1.54, 1.807) is 0 Å². The molecule has 0 unspecified atom stereocenters. The molecule has 9 rings (SSSR count). The quantitative estimate of drug-likeness (QED) is 0.199. The van der Waals surface area contributed by atoms with Gasteiger partial charge < -0.3 is 4.90 Å². The van der Waals surface area contributed by atoms with Crippen molar-refractivity contribution in [3.63, 3.8) is 0 Å². The largest absolute Gasteiger partial charge is 0.336 e. The first-order valence-electron chi connectivity index (χ1n) is 15.2. The molecule has 1 aromatic heterocycles. The van der Waals surface area contributed by atoms with Gasteiger partial charge in [-0.1, -0.05) is 127 Å². The molecule has 0 amide bonds. The Bertz CT molecular complexity index is 2340. The number of benzene rings is 7. The number of para-hydroxylation sites is 1. The Morgan fingerprint density at radius 3 is 1.93 bits per heavy atom. The van der Waals surface area contributed by atoms with Crippen LogP contribution in [-0.4, -0.2) is 4.98 Å². The normalized spacial score (nSPS) is 12.4. The summed E-state index contributed by atoms with van der Waals surface area (Å²) in [5, 5.41) is 6.18. The summed E-state index contributed by atoms with van der Waals surface area (Å²) in [6.45, 7) is 0.783. The molecular weight excluding hydrogens is 532 g/mol. The van der Waals surface area contributed by atoms with Crippen molar-refractivity contribution in [2.75, 3.05) is 4.90 Å². The molecule has 0 radical (unpaired) electrons. The van der Waals surface area contributed by atoms with Crippen molar-refractivity contribution in [2.45, 2.75) is 6.54 Å². The van der Waals surface area contributed by atoms with Gasteiger partial charge >= 0.3 is 0 Å². The van der Waals surface area contributed by atoms with Crippen molar-refractivity contribution >= 4 is 43.8 Å². The molecule has 206 valence electrons. The lowest BCUT2D eigenvalue weighted by Gasteiger charge is -2.33. The van der Waals surface area contributed by atoms with Crippen LogP contribution in [0.25, 0.3) is 66.0 Å². The molecule has 7 aromatic carbocycles. The zero-order valence-electron chi connectivity index (χ0n) is 24.1. The van der Waals surface area contributed by atoms with Gasteiger partial charge in [0.1, 0.15) is 0 Å². The lowest BCUT2D eigenvalue weighted by Crippen LogP contribution is -2.20. The summed E-state index contributed by atoms with van der Waals surface area (Å²) in [7, 11) is 0. The van der Waals surface area contributed by atoms with Crippen LogP contribution in [0.1, 0.15) is 5.56 Å². The average molecular weight is 561 g/mol. The number of hydrogen-bond acceptors (Lipinski definition) is 2. The summed E-state index contributed by atoms with van der Waals surface area (Å²) in [6.07, 6.45) is 0. The fourth-order valence-electron chi connectivity index (χ4n) is 6.92. The van der Waals surface area contributed by atoms with Crippen LogP contribution in [0.15, 0.2) is 158 Å². The standard InChI is InChI=1S/C42H28N2/c1-4-12-28(13-5-1)34-25-37-40-38(26-34)44(35-18-8-3-9-19-35)27-33-22-23-36(32-21-20-29-14-10-11-17-31(29)24-32)42(39(33)40)43-41(37)30-15-6-2-7-16-30/h1-26H,27H2. The highest BCUT2D eigenvalue weighted by molar-refractivity contribution is 6.22. The Balaban J connectivity index is 1.43. The van der Waals surface area contributed by atoms with Crippen molar-refractivity contribution in [1.82, 2.24) is 4.98 Å². The molecule has 2 nitrogen and oxygen atoms in total. The monoisotopic (exact) mass is 560 g/mol. The van der Waals surface area contributed by atoms with Crippen LogP contribution < -0.4 is 4.90 Å². The van der Waals surface area contributed by atoms with Crippen molar-refractivity contribution in [3.05, 3.63) is 163 Å². The summed E-state index contributed by atoms with van der Waals surface area (Å²) in [6, 6.07) is 56.8. The van der Waals surface area contributed by atoms with E-state index in [2.05, 4.69) is 163 Å². The van der Waals surface area contributed by atoms with Gasteiger partial charge in [0.2, 0.25) is 0 Å². The predicted molar refractivity (Wildman–Crippen MR) is 185 cm³/mol. The highest BCUT2D eigenvalue weighted by atomic mass is 15.1. The van der Waals surface area contributed by atoms with Gasteiger partial charge in [-0.3, -0.25) is 0 Å². The van der Waals surface area contributed by atoms with Gasteiger partial charge in [-0.2, -0.15) is 0 Å². The Morgan fingerprint density at radius 1 is 0.477 bits per heavy atom. The van der Waals surface area contributed by atoms with Crippen molar-refractivity contribution in [1.29, 1.82) is 0 Å². The summed E-state index contributed by atoms with van der Waals surface area (Å²) in [5.41, 5.74) is 11.7. The number of anilines is 2. The highest BCUT2D eigenvalue weighted by Crippen LogP contribution is 2.49. The maximum Gasteiger partial charge on any atom is 0.0798 e. The molecular formula is C42H28N2. The van der Waals surface area contributed by atoms with Crippen LogP contribution in [0, 0.1) is 0 Å². The van der Waals surface area contributed by atoms with Gasteiger partial charge in [0, 0.05) is 39.5 Å². The lowest BCUT2D eigenvalue weighted by atomic mass is 9.87. The molecule has 0 N–H and O–H groups in total. The minimum absolute atomic E-state index is 0.783. The van der Waals surface area contributed by atoms with Gasteiger partial charge in [0.15, 0.2) is 0 Å². The van der Waals surface area contributed by atoms with E-state index in [0.29, 0.717) is 0 Å². The fourth-order valence-corrected chi connectivity index (χ4v) is 6.92. The van der Waals surface area contributed by atoms with Crippen LogP contribution in [0.2, 0.25) is 0 Å². The SMILES string of the molecule is c1ccc(-c2cc3c4c(c2)c(-c2ccccc2)nc2c(-c5ccc6ccccc6c5)ccc(c24)CN3c2ccccc2)cc1. The molecule has 0 atom stereocenters. The Kier molecular flexibility index (Phi) is 5.60. The third kappa shape index (κ3) is 3.92. The fraction of sp³-hybridized carbons (Fsp3) is 0.0238. The maximum atomic E-state index is 5.58. The van der Waals surface area contributed by atoms with Crippen molar-refractivity contribution in [3.8, 4) is 33.5 Å². The Labute approximate surface area is 256 Å². The molecule has 44 heavy (non-hydrogen) atoms. The van der Waals surface area contributed by atoms with Crippen LogP contribution in [0.4, 0.5) is 11.4 Å². The lowest BCUT2D eigenvalue weighted by molar-refractivity contribution is 0.981. The van der Waals surface area contributed by atoms with E-state index in [0.717, 1.165) is 23.3 Å². The van der Waals surface area contributed by atoms with E-state index in [-0.39, 0.29) is 0 Å². The molecule has 0 bridgehead atoms. The van der Waals surface area contributed by atoms with Crippen LogP contribution in [0.5, 0.6) is 0 Å². The van der Waals surface area contributed by atoms with Crippen LogP contribution in [0.3, 0.4) is 0 Å². The minimum Gasteiger partial charge on any atom is -0.336 e. The van der Waals surface area contributed by atoms with Gasteiger partial charge in [0.25, 0.3) is 0 Å². The smallest absolute Gasteiger partial charge is 0.0798 e. The molecule has 0 aliphatic carbocycles. The summed E-state index contributed by atoms with van der Waals surface area (Å²) < 4.78 is 0. The van der Waals surface area contributed by atoms with Crippen LogP contribution >= 0.6 is 0 Å². The predicted octanol–water partition coefficient (Wildman–Crippen LogP) is 11.2. The van der Waals surface area contributed by atoms with E-state index < -0.39 is 0 Å². The first-order chi connectivity index (χ1) is 21.8. The van der Waals surface area contributed by atoms with E-state index in [1.807, 2.05) is 0 Å². The first kappa shape index (κ1) is 24.8. The zero-order chi connectivity index (χ0) is 29.0. The molecule has 2 heteroatoms. The second-order valence-corrected chi connectivity index (χ2v) is 11.6. The van der Waals surface area contributed by atoms with Gasteiger partial charge in [0.05, 0.1) is 16.9 Å². The summed E-state index contributed by atoms with van der Waals surface area (Å²) in [5.74, 6) is 0.